The number of hydrogen-bond donors (Lipinski definition) is 0. The second-order valence-electron chi connectivity index (χ2n) is 3.83. The lowest BCUT2D eigenvalue weighted by Crippen LogP contribution is -2.12. The number of hydrogen-bond acceptors (Lipinski definition) is 3. The number of carbonyl (C=O) groups excluding carboxylic acids is 1. The molecule has 0 fully saturated rings. The molecule has 4 heteroatoms. The third kappa shape index (κ3) is 3.17. The number of nitrogens with zero attached hydrogens (tertiary/aromatic N) is 1. The summed E-state index contributed by atoms with van der Waals surface area (Å²) in [6.07, 6.45) is 0. The van der Waals surface area contributed by atoms with Crippen LogP contribution >= 0.6 is 0 Å². The molecule has 3 nitrogen and oxygen atoms in total. The van der Waals surface area contributed by atoms with Crippen LogP contribution in [0.15, 0.2) is 48.5 Å². The fourth-order valence-corrected chi connectivity index (χ4v) is 1.53. The second-order valence-corrected chi connectivity index (χ2v) is 3.83. The molecule has 0 aliphatic rings. The van der Waals surface area contributed by atoms with Crippen molar-refractivity contribution in [3.8, 4) is 11.8 Å². The van der Waals surface area contributed by atoms with E-state index in [-0.39, 0.29) is 23.5 Å². The molecular weight excluding hydrogens is 245 g/mol. The van der Waals surface area contributed by atoms with Crippen molar-refractivity contribution in [2.24, 2.45) is 0 Å². The summed E-state index contributed by atoms with van der Waals surface area (Å²) in [7, 11) is 0. The molecule has 0 unspecified atom stereocenters. The van der Waals surface area contributed by atoms with E-state index in [1.165, 1.54) is 12.1 Å². The Balaban J connectivity index is 2.07. The SMILES string of the molecule is N#Cc1cc(C(=O)COc2ccccc2)ccc1F. The zero-order valence-corrected chi connectivity index (χ0v) is 9.97. The second kappa shape index (κ2) is 5.78. The van der Waals surface area contributed by atoms with Gasteiger partial charge in [0, 0.05) is 5.56 Å². The molecule has 0 aliphatic carbocycles. The van der Waals surface area contributed by atoms with Crippen LogP contribution in [0.5, 0.6) is 5.75 Å². The van der Waals surface area contributed by atoms with Crippen molar-refractivity contribution in [1.29, 1.82) is 5.26 Å². The predicted octanol–water partition coefficient (Wildman–Crippen LogP) is 2.96. The van der Waals surface area contributed by atoms with Gasteiger partial charge in [-0.3, -0.25) is 4.79 Å². The highest BCUT2D eigenvalue weighted by Crippen LogP contribution is 2.12. The predicted molar refractivity (Wildman–Crippen MR) is 67.4 cm³/mol. The maximum absolute atomic E-state index is 13.1. The quantitative estimate of drug-likeness (QED) is 0.789. The highest BCUT2D eigenvalue weighted by molar-refractivity contribution is 5.97. The monoisotopic (exact) mass is 255 g/mol. The zero-order valence-electron chi connectivity index (χ0n) is 9.97. The normalized spacial score (nSPS) is 9.68. The molecule has 19 heavy (non-hydrogen) atoms. The van der Waals surface area contributed by atoms with E-state index in [2.05, 4.69) is 0 Å². The van der Waals surface area contributed by atoms with Crippen molar-refractivity contribution in [3.05, 3.63) is 65.5 Å². The van der Waals surface area contributed by atoms with Crippen molar-refractivity contribution in [3.63, 3.8) is 0 Å². The van der Waals surface area contributed by atoms with Crippen LogP contribution in [0.25, 0.3) is 0 Å². The van der Waals surface area contributed by atoms with Crippen LogP contribution in [0.2, 0.25) is 0 Å². The molecule has 0 spiro atoms. The Morgan fingerprint density at radius 2 is 1.95 bits per heavy atom. The van der Waals surface area contributed by atoms with Gasteiger partial charge in [-0.15, -0.1) is 0 Å². The molecule has 0 radical (unpaired) electrons. The number of nitriles is 1. The van der Waals surface area contributed by atoms with Gasteiger partial charge >= 0.3 is 0 Å². The highest BCUT2D eigenvalue weighted by atomic mass is 19.1. The molecular formula is C15H10FNO2. The summed E-state index contributed by atoms with van der Waals surface area (Å²) < 4.78 is 18.4. The van der Waals surface area contributed by atoms with Crippen molar-refractivity contribution in [2.45, 2.75) is 0 Å². The maximum Gasteiger partial charge on any atom is 0.200 e. The summed E-state index contributed by atoms with van der Waals surface area (Å²) in [5.74, 6) is -0.359. The number of ether oxygens (including phenoxy) is 1. The summed E-state index contributed by atoms with van der Waals surface area (Å²) in [6.45, 7) is -0.152. The van der Waals surface area contributed by atoms with Gasteiger partial charge in [0.15, 0.2) is 12.4 Å². The first kappa shape index (κ1) is 12.8. The van der Waals surface area contributed by atoms with Crippen LogP contribution in [0, 0.1) is 17.1 Å². The number of Topliss-reactive ketones (excluding diaryl/α,β-unsaturated/α-hetero) is 1. The molecule has 2 aromatic carbocycles. The summed E-state index contributed by atoms with van der Waals surface area (Å²) >= 11 is 0. The van der Waals surface area contributed by atoms with Crippen molar-refractivity contribution < 1.29 is 13.9 Å². The van der Waals surface area contributed by atoms with Crippen molar-refractivity contribution in [2.75, 3.05) is 6.61 Å². The number of benzene rings is 2. The van der Waals surface area contributed by atoms with Gasteiger partial charge in [-0.05, 0) is 30.3 Å². The molecule has 0 aliphatic heterocycles. The minimum Gasteiger partial charge on any atom is -0.485 e. The van der Waals surface area contributed by atoms with Gasteiger partial charge in [0.1, 0.15) is 17.6 Å². The summed E-state index contributed by atoms with van der Waals surface area (Å²) in [4.78, 5) is 11.8. The van der Waals surface area contributed by atoms with E-state index in [1.54, 1.807) is 30.3 Å². The number of para-hydroxylation sites is 1. The third-order valence-electron chi connectivity index (χ3n) is 2.52. The first-order valence-corrected chi connectivity index (χ1v) is 5.61. The van der Waals surface area contributed by atoms with E-state index in [1.807, 2.05) is 6.07 Å². The maximum atomic E-state index is 13.1. The minimum atomic E-state index is -0.636. The zero-order chi connectivity index (χ0) is 13.7. The van der Waals surface area contributed by atoms with E-state index in [4.69, 9.17) is 10.00 Å². The van der Waals surface area contributed by atoms with Crippen LogP contribution in [0.3, 0.4) is 0 Å². The van der Waals surface area contributed by atoms with E-state index >= 15 is 0 Å². The summed E-state index contributed by atoms with van der Waals surface area (Å²) in [6, 6.07) is 14.3. The fourth-order valence-electron chi connectivity index (χ4n) is 1.53. The van der Waals surface area contributed by atoms with Gasteiger partial charge < -0.3 is 4.74 Å². The highest BCUT2D eigenvalue weighted by Gasteiger charge is 2.10. The summed E-state index contributed by atoms with van der Waals surface area (Å²) in [5, 5.41) is 8.70. The molecule has 0 aromatic heterocycles. The Labute approximate surface area is 109 Å². The smallest absolute Gasteiger partial charge is 0.200 e. The van der Waals surface area contributed by atoms with Gasteiger partial charge in [0.2, 0.25) is 0 Å². The van der Waals surface area contributed by atoms with Crippen LogP contribution < -0.4 is 4.74 Å². The van der Waals surface area contributed by atoms with Gasteiger partial charge in [-0.2, -0.15) is 5.26 Å². The number of halogens is 1. The molecule has 2 rings (SSSR count). The van der Waals surface area contributed by atoms with Crippen LogP contribution in [0.4, 0.5) is 4.39 Å². The van der Waals surface area contributed by atoms with E-state index in [0.29, 0.717) is 5.75 Å². The largest absolute Gasteiger partial charge is 0.485 e. The lowest BCUT2D eigenvalue weighted by Gasteiger charge is -2.05. The third-order valence-corrected chi connectivity index (χ3v) is 2.52. The number of ketones is 1. The molecule has 0 N–H and O–H groups in total. The van der Waals surface area contributed by atoms with Gasteiger partial charge in [0.05, 0.1) is 5.56 Å². The van der Waals surface area contributed by atoms with E-state index in [9.17, 15) is 9.18 Å². The number of carbonyl (C=O) groups is 1. The van der Waals surface area contributed by atoms with Crippen LogP contribution in [-0.2, 0) is 0 Å². The van der Waals surface area contributed by atoms with Crippen LogP contribution in [-0.4, -0.2) is 12.4 Å². The lowest BCUT2D eigenvalue weighted by atomic mass is 10.1. The number of rotatable bonds is 4. The van der Waals surface area contributed by atoms with Crippen molar-refractivity contribution >= 4 is 5.78 Å². The topological polar surface area (TPSA) is 50.1 Å². The Morgan fingerprint density at radius 1 is 1.21 bits per heavy atom. The van der Waals surface area contributed by atoms with Gasteiger partial charge in [-0.1, -0.05) is 18.2 Å². The molecule has 0 saturated heterocycles. The Hall–Kier alpha value is -2.67. The molecule has 0 heterocycles. The Morgan fingerprint density at radius 3 is 2.63 bits per heavy atom. The Bertz CT molecular complexity index is 632. The Kier molecular flexibility index (Phi) is 3.89. The molecule has 0 atom stereocenters. The van der Waals surface area contributed by atoms with Crippen molar-refractivity contribution in [1.82, 2.24) is 0 Å². The average molecular weight is 255 g/mol. The molecule has 94 valence electrons. The average Bonchev–Trinajstić information content (AvgIpc) is 2.46. The molecule has 0 saturated carbocycles. The fraction of sp³-hybridized carbons (Fsp3) is 0.0667. The van der Waals surface area contributed by atoms with Gasteiger partial charge in [-0.25, -0.2) is 4.39 Å². The first-order valence-electron chi connectivity index (χ1n) is 5.61. The minimum absolute atomic E-state index is 0.148. The van der Waals surface area contributed by atoms with Crippen LogP contribution in [0.1, 0.15) is 15.9 Å². The lowest BCUT2D eigenvalue weighted by molar-refractivity contribution is 0.0921. The van der Waals surface area contributed by atoms with E-state index < -0.39 is 5.82 Å². The molecule has 2 aromatic rings. The standard InChI is InChI=1S/C15H10FNO2/c16-14-7-6-11(8-12(14)9-17)15(18)10-19-13-4-2-1-3-5-13/h1-8H,10H2. The molecule has 0 amide bonds. The van der Waals surface area contributed by atoms with E-state index in [0.717, 1.165) is 6.07 Å². The van der Waals surface area contributed by atoms with Gasteiger partial charge in [0.25, 0.3) is 0 Å². The first-order chi connectivity index (χ1) is 9.20. The molecule has 0 bridgehead atoms. The summed E-state index contributed by atoms with van der Waals surface area (Å²) in [5.41, 5.74) is 0.111.